The molecule has 1 heterocycles. The molecule has 1 aliphatic carbocycles. The van der Waals surface area contributed by atoms with Crippen LogP contribution in [0.25, 0.3) is 0 Å². The molecule has 1 aromatic carbocycles. The molecule has 0 amide bonds. The van der Waals surface area contributed by atoms with Gasteiger partial charge in [-0.1, -0.05) is 18.2 Å². The quantitative estimate of drug-likeness (QED) is 0.859. The Hall–Kier alpha value is -2.82. The number of benzene rings is 1. The molecule has 1 aromatic heterocycles. The zero-order valence-corrected chi connectivity index (χ0v) is 15.8. The van der Waals surface area contributed by atoms with Crippen LogP contribution in [0.5, 0.6) is 0 Å². The number of hydrogen-bond acceptors (Lipinski definition) is 4. The van der Waals surface area contributed by atoms with Crippen LogP contribution in [-0.4, -0.2) is 29.1 Å². The van der Waals surface area contributed by atoms with Gasteiger partial charge < -0.3 is 10.1 Å². The van der Waals surface area contributed by atoms with Crippen LogP contribution in [0.4, 0.5) is 10.5 Å². The molecular formula is C21H24N2O3. The van der Waals surface area contributed by atoms with Gasteiger partial charge in [-0.05, 0) is 62.6 Å². The maximum Gasteiger partial charge on any atom is 0.419 e. The highest BCUT2D eigenvalue weighted by Crippen LogP contribution is 2.36. The molecule has 1 unspecified atom stereocenters. The van der Waals surface area contributed by atoms with Crippen LogP contribution in [0.2, 0.25) is 0 Å². The first-order chi connectivity index (χ1) is 12.2. The minimum absolute atomic E-state index is 0.0836. The van der Waals surface area contributed by atoms with Crippen LogP contribution in [0.3, 0.4) is 0 Å². The summed E-state index contributed by atoms with van der Waals surface area (Å²) in [6.07, 6.45) is 3.04. The average Bonchev–Trinajstić information content (AvgIpc) is 3.02. The normalized spacial score (nSPS) is 16.7. The van der Waals surface area contributed by atoms with Crippen molar-refractivity contribution in [3.8, 4) is 0 Å². The molecule has 0 aliphatic heterocycles. The number of carbonyl (C=O) groups is 2. The van der Waals surface area contributed by atoms with E-state index in [1.165, 1.54) is 4.57 Å². The number of nitrogens with one attached hydrogen (secondary N) is 1. The van der Waals surface area contributed by atoms with E-state index in [0.717, 1.165) is 16.8 Å². The minimum atomic E-state index is -0.628. The van der Waals surface area contributed by atoms with Gasteiger partial charge in [0.25, 0.3) is 0 Å². The van der Waals surface area contributed by atoms with Gasteiger partial charge in [0.1, 0.15) is 11.3 Å². The summed E-state index contributed by atoms with van der Waals surface area (Å²) < 4.78 is 6.78. The number of anilines is 1. The van der Waals surface area contributed by atoms with Crippen molar-refractivity contribution in [1.82, 2.24) is 4.57 Å². The van der Waals surface area contributed by atoms with E-state index in [0.29, 0.717) is 11.3 Å². The average molecular weight is 352 g/mol. The van der Waals surface area contributed by atoms with Gasteiger partial charge in [0.15, 0.2) is 0 Å². The fourth-order valence-electron chi connectivity index (χ4n) is 3.17. The zero-order valence-electron chi connectivity index (χ0n) is 15.8. The van der Waals surface area contributed by atoms with E-state index in [-0.39, 0.29) is 11.7 Å². The van der Waals surface area contributed by atoms with Crippen LogP contribution in [0.1, 0.15) is 55.2 Å². The molecule has 0 fully saturated rings. The van der Waals surface area contributed by atoms with Crippen molar-refractivity contribution >= 4 is 17.6 Å². The minimum Gasteiger partial charge on any atom is -0.443 e. The van der Waals surface area contributed by atoms with Gasteiger partial charge in [-0.25, -0.2) is 9.36 Å². The smallest absolute Gasteiger partial charge is 0.419 e. The van der Waals surface area contributed by atoms with Crippen LogP contribution >= 0.6 is 0 Å². The number of carbonyl (C=O) groups excluding carboxylic acids is 2. The number of ether oxygens (including phenoxy) is 1. The highest BCUT2D eigenvalue weighted by molar-refractivity contribution is 6.11. The SMILES string of the molecule is CNc1cccc(C2C=C(C)C(=O)c3c2ccn3C(=O)OC(C)(C)C)c1. The van der Waals surface area contributed by atoms with Gasteiger partial charge in [-0.2, -0.15) is 0 Å². The van der Waals surface area contributed by atoms with Gasteiger partial charge in [0, 0.05) is 24.8 Å². The molecule has 1 aliphatic rings. The second-order valence-electron chi connectivity index (χ2n) is 7.50. The molecule has 0 saturated carbocycles. The van der Waals surface area contributed by atoms with Gasteiger partial charge >= 0.3 is 6.09 Å². The Balaban J connectivity index is 2.08. The lowest BCUT2D eigenvalue weighted by Crippen LogP contribution is -2.29. The summed E-state index contributed by atoms with van der Waals surface area (Å²) in [7, 11) is 1.87. The third kappa shape index (κ3) is 3.29. The van der Waals surface area contributed by atoms with E-state index in [1.54, 1.807) is 33.9 Å². The highest BCUT2D eigenvalue weighted by Gasteiger charge is 2.32. The summed E-state index contributed by atoms with van der Waals surface area (Å²) in [6, 6.07) is 9.88. The molecule has 2 aromatic rings. The molecule has 0 bridgehead atoms. The summed E-state index contributed by atoms with van der Waals surface area (Å²) in [5.74, 6) is -0.225. The number of allylic oxidation sites excluding steroid dienone is 2. The summed E-state index contributed by atoms with van der Waals surface area (Å²) in [4.78, 5) is 25.3. The summed E-state index contributed by atoms with van der Waals surface area (Å²) >= 11 is 0. The number of nitrogens with zero attached hydrogens (tertiary/aromatic N) is 1. The lowest BCUT2D eigenvalue weighted by Gasteiger charge is -2.24. The van der Waals surface area contributed by atoms with E-state index < -0.39 is 11.7 Å². The van der Waals surface area contributed by atoms with Crippen LogP contribution in [0.15, 0.2) is 48.2 Å². The van der Waals surface area contributed by atoms with E-state index in [4.69, 9.17) is 4.74 Å². The number of Topliss-reactive ketones (excluding diaryl/α,β-unsaturated/α-hetero) is 1. The maximum absolute atomic E-state index is 12.8. The van der Waals surface area contributed by atoms with Crippen molar-refractivity contribution < 1.29 is 14.3 Å². The molecule has 3 rings (SSSR count). The standard InChI is InChI=1S/C21H24N2O3/c1-13-11-17(14-7-6-8-15(12-14)22-5)16-9-10-23(18(16)19(13)24)20(25)26-21(2,3)4/h6-12,17,22H,1-5H3. The maximum atomic E-state index is 12.8. The van der Waals surface area contributed by atoms with Crippen molar-refractivity contribution in [2.24, 2.45) is 0 Å². The van der Waals surface area contributed by atoms with E-state index in [1.807, 2.05) is 37.4 Å². The Bertz CT molecular complexity index is 900. The predicted octanol–water partition coefficient (Wildman–Crippen LogP) is 4.59. The fourth-order valence-corrected chi connectivity index (χ4v) is 3.17. The van der Waals surface area contributed by atoms with Crippen molar-refractivity contribution in [1.29, 1.82) is 0 Å². The molecule has 5 nitrogen and oxygen atoms in total. The van der Waals surface area contributed by atoms with Crippen molar-refractivity contribution in [3.63, 3.8) is 0 Å². The summed E-state index contributed by atoms with van der Waals surface area (Å²) in [5.41, 5.74) is 3.27. The molecule has 26 heavy (non-hydrogen) atoms. The third-order valence-corrected chi connectivity index (χ3v) is 4.37. The first-order valence-electron chi connectivity index (χ1n) is 8.66. The zero-order chi connectivity index (χ0) is 19.1. The Labute approximate surface area is 153 Å². The molecular weight excluding hydrogens is 328 g/mol. The van der Waals surface area contributed by atoms with Crippen molar-refractivity contribution in [3.05, 3.63) is 65.0 Å². The lowest BCUT2D eigenvalue weighted by molar-refractivity contribution is 0.0528. The highest BCUT2D eigenvalue weighted by atomic mass is 16.6. The second-order valence-corrected chi connectivity index (χ2v) is 7.50. The lowest BCUT2D eigenvalue weighted by atomic mass is 9.83. The molecule has 136 valence electrons. The Morgan fingerprint density at radius 1 is 1.23 bits per heavy atom. The van der Waals surface area contributed by atoms with E-state index >= 15 is 0 Å². The third-order valence-electron chi connectivity index (χ3n) is 4.37. The van der Waals surface area contributed by atoms with Gasteiger partial charge in [-0.15, -0.1) is 0 Å². The van der Waals surface area contributed by atoms with Gasteiger partial charge in [0.2, 0.25) is 5.78 Å². The fraction of sp³-hybridized carbons (Fsp3) is 0.333. The Kier molecular flexibility index (Phi) is 4.48. The first-order valence-corrected chi connectivity index (χ1v) is 8.66. The Morgan fingerprint density at radius 3 is 2.62 bits per heavy atom. The van der Waals surface area contributed by atoms with Crippen molar-refractivity contribution in [2.45, 2.75) is 39.2 Å². The molecule has 1 atom stereocenters. The monoisotopic (exact) mass is 352 g/mol. The summed E-state index contributed by atoms with van der Waals surface area (Å²) in [6.45, 7) is 7.20. The number of hydrogen-bond donors (Lipinski definition) is 1. The van der Waals surface area contributed by atoms with Gasteiger partial charge in [-0.3, -0.25) is 4.79 Å². The molecule has 5 heteroatoms. The van der Waals surface area contributed by atoms with Crippen LogP contribution in [0, 0.1) is 0 Å². The molecule has 0 radical (unpaired) electrons. The summed E-state index contributed by atoms with van der Waals surface area (Å²) in [5, 5.41) is 3.13. The van der Waals surface area contributed by atoms with E-state index in [2.05, 4.69) is 11.4 Å². The topological polar surface area (TPSA) is 60.3 Å². The number of fused-ring (bicyclic) bond motifs is 1. The van der Waals surface area contributed by atoms with Gasteiger partial charge in [0.05, 0.1) is 0 Å². The number of aromatic nitrogens is 1. The largest absolute Gasteiger partial charge is 0.443 e. The molecule has 0 spiro atoms. The Morgan fingerprint density at radius 2 is 1.96 bits per heavy atom. The van der Waals surface area contributed by atoms with Crippen molar-refractivity contribution in [2.75, 3.05) is 12.4 Å². The van der Waals surface area contributed by atoms with E-state index in [9.17, 15) is 9.59 Å². The van der Waals surface area contributed by atoms with Crippen LogP contribution in [-0.2, 0) is 4.74 Å². The molecule has 1 N–H and O–H groups in total. The first kappa shape index (κ1) is 18.0. The number of ketones is 1. The number of rotatable bonds is 2. The predicted molar refractivity (Wildman–Crippen MR) is 102 cm³/mol. The molecule has 0 saturated heterocycles. The van der Waals surface area contributed by atoms with Crippen LogP contribution < -0.4 is 5.32 Å². The second kappa shape index (κ2) is 6.48.